The number of hydrogen-bond acceptors (Lipinski definition) is 8. The molecule has 4 aromatic rings. The maximum absolute atomic E-state index is 12.8. The summed E-state index contributed by atoms with van der Waals surface area (Å²) in [6.45, 7) is 5.12. The van der Waals surface area contributed by atoms with Gasteiger partial charge in [-0.1, -0.05) is 42.1 Å². The summed E-state index contributed by atoms with van der Waals surface area (Å²) in [5, 5.41) is 12.4. The fraction of sp³-hybridized carbons (Fsp3) is 0.276. The normalized spacial score (nSPS) is 14.1. The third kappa shape index (κ3) is 6.52. The quantitative estimate of drug-likeness (QED) is 0.279. The SMILES string of the molecule is COc1ccccc1OC(C)c1nnc(SCC(=O)Nc2ccc(N3CCOCC3)cc2)n1-c1ccccc1. The number of aromatic nitrogens is 3. The van der Waals surface area contributed by atoms with Crippen molar-refractivity contribution in [2.24, 2.45) is 0 Å². The Morgan fingerprint density at radius 3 is 2.36 bits per heavy atom. The second-order valence-corrected chi connectivity index (χ2v) is 9.85. The summed E-state index contributed by atoms with van der Waals surface area (Å²) in [6.07, 6.45) is -0.429. The topological polar surface area (TPSA) is 90.7 Å². The number of morpholine rings is 1. The van der Waals surface area contributed by atoms with Crippen molar-refractivity contribution < 1.29 is 19.0 Å². The van der Waals surface area contributed by atoms with Gasteiger partial charge in [-0.2, -0.15) is 0 Å². The summed E-state index contributed by atoms with van der Waals surface area (Å²) in [6, 6.07) is 25.2. The Morgan fingerprint density at radius 1 is 0.949 bits per heavy atom. The number of nitrogens with one attached hydrogen (secondary N) is 1. The van der Waals surface area contributed by atoms with E-state index in [0.717, 1.165) is 43.4 Å². The number of carbonyl (C=O) groups is 1. The Bertz CT molecular complexity index is 1370. The molecule has 1 aliphatic heterocycles. The van der Waals surface area contributed by atoms with E-state index in [-0.39, 0.29) is 11.7 Å². The molecule has 39 heavy (non-hydrogen) atoms. The van der Waals surface area contributed by atoms with Gasteiger partial charge in [-0.25, -0.2) is 0 Å². The molecule has 5 rings (SSSR count). The highest BCUT2D eigenvalue weighted by molar-refractivity contribution is 7.99. The number of nitrogens with zero attached hydrogens (tertiary/aromatic N) is 4. The molecule has 0 aliphatic carbocycles. The van der Waals surface area contributed by atoms with E-state index in [1.807, 2.05) is 90.4 Å². The molecule has 0 radical (unpaired) electrons. The molecule has 1 atom stereocenters. The molecular weight excluding hydrogens is 514 g/mol. The lowest BCUT2D eigenvalue weighted by atomic mass is 10.2. The zero-order chi connectivity index (χ0) is 27.0. The Labute approximate surface area is 232 Å². The molecule has 9 nitrogen and oxygen atoms in total. The highest BCUT2D eigenvalue weighted by Gasteiger charge is 2.22. The van der Waals surface area contributed by atoms with E-state index in [0.29, 0.717) is 22.5 Å². The van der Waals surface area contributed by atoms with Gasteiger partial charge >= 0.3 is 0 Å². The first kappa shape index (κ1) is 26.6. The number of ether oxygens (including phenoxy) is 3. The summed E-state index contributed by atoms with van der Waals surface area (Å²) in [4.78, 5) is 15.1. The van der Waals surface area contributed by atoms with Gasteiger partial charge in [0, 0.05) is 30.2 Å². The van der Waals surface area contributed by atoms with Crippen LogP contribution in [-0.2, 0) is 9.53 Å². The van der Waals surface area contributed by atoms with Gasteiger partial charge < -0.3 is 24.4 Å². The molecule has 1 saturated heterocycles. The third-order valence-corrected chi connectivity index (χ3v) is 7.20. The fourth-order valence-corrected chi connectivity index (χ4v) is 5.08. The van der Waals surface area contributed by atoms with Crippen molar-refractivity contribution in [2.45, 2.75) is 18.2 Å². The smallest absolute Gasteiger partial charge is 0.234 e. The van der Waals surface area contributed by atoms with Crippen LogP contribution >= 0.6 is 11.8 Å². The average molecular weight is 546 g/mol. The van der Waals surface area contributed by atoms with Gasteiger partial charge in [0.05, 0.1) is 26.1 Å². The first-order chi connectivity index (χ1) is 19.1. The predicted molar refractivity (Wildman–Crippen MR) is 152 cm³/mol. The summed E-state index contributed by atoms with van der Waals surface area (Å²) in [5.41, 5.74) is 2.76. The minimum absolute atomic E-state index is 0.124. The number of carbonyl (C=O) groups excluding carboxylic acids is 1. The Hall–Kier alpha value is -4.02. The maximum Gasteiger partial charge on any atom is 0.234 e. The van der Waals surface area contributed by atoms with E-state index in [1.54, 1.807) is 7.11 Å². The molecule has 1 amide bonds. The number of hydrogen-bond donors (Lipinski definition) is 1. The lowest BCUT2D eigenvalue weighted by Gasteiger charge is -2.28. The van der Waals surface area contributed by atoms with Gasteiger partial charge in [0.2, 0.25) is 5.91 Å². The molecule has 202 valence electrons. The van der Waals surface area contributed by atoms with Gasteiger partial charge in [-0.15, -0.1) is 10.2 Å². The van der Waals surface area contributed by atoms with Crippen molar-refractivity contribution in [1.82, 2.24) is 14.8 Å². The molecule has 10 heteroatoms. The molecule has 0 bridgehead atoms. The van der Waals surface area contributed by atoms with Crippen LogP contribution in [0.15, 0.2) is 84.0 Å². The van der Waals surface area contributed by atoms with Gasteiger partial charge in [-0.3, -0.25) is 9.36 Å². The molecule has 2 heterocycles. The minimum Gasteiger partial charge on any atom is -0.493 e. The molecule has 1 N–H and O–H groups in total. The van der Waals surface area contributed by atoms with Crippen molar-refractivity contribution >= 4 is 29.0 Å². The average Bonchev–Trinajstić information content (AvgIpc) is 3.42. The van der Waals surface area contributed by atoms with E-state index < -0.39 is 6.10 Å². The molecule has 1 aliphatic rings. The first-order valence-corrected chi connectivity index (χ1v) is 13.8. The second-order valence-electron chi connectivity index (χ2n) is 8.91. The van der Waals surface area contributed by atoms with E-state index in [1.165, 1.54) is 11.8 Å². The van der Waals surface area contributed by atoms with Gasteiger partial charge in [0.15, 0.2) is 28.6 Å². The summed E-state index contributed by atoms with van der Waals surface area (Å²) in [5.74, 6) is 1.93. The lowest BCUT2D eigenvalue weighted by Crippen LogP contribution is -2.36. The number of amides is 1. The highest BCUT2D eigenvalue weighted by atomic mass is 32.2. The van der Waals surface area contributed by atoms with Crippen molar-refractivity contribution in [2.75, 3.05) is 49.4 Å². The van der Waals surface area contributed by atoms with Crippen molar-refractivity contribution in [3.63, 3.8) is 0 Å². The minimum atomic E-state index is -0.429. The highest BCUT2D eigenvalue weighted by Crippen LogP contribution is 2.32. The molecule has 0 spiro atoms. The van der Waals surface area contributed by atoms with Crippen LogP contribution < -0.4 is 19.7 Å². The number of para-hydroxylation sites is 3. The second kappa shape index (κ2) is 12.7. The third-order valence-electron chi connectivity index (χ3n) is 6.27. The number of methoxy groups -OCH3 is 1. The molecule has 1 unspecified atom stereocenters. The molecule has 1 aromatic heterocycles. The van der Waals surface area contributed by atoms with E-state index >= 15 is 0 Å². The molecule has 3 aromatic carbocycles. The molecule has 1 fully saturated rings. The van der Waals surface area contributed by atoms with Crippen LogP contribution in [0.25, 0.3) is 5.69 Å². The Morgan fingerprint density at radius 2 is 1.64 bits per heavy atom. The summed E-state index contributed by atoms with van der Waals surface area (Å²) >= 11 is 1.32. The largest absolute Gasteiger partial charge is 0.493 e. The summed E-state index contributed by atoms with van der Waals surface area (Å²) < 4.78 is 19.0. The van der Waals surface area contributed by atoms with Crippen molar-refractivity contribution in [3.05, 3.63) is 84.7 Å². The van der Waals surface area contributed by atoms with Crippen LogP contribution in [0.1, 0.15) is 18.9 Å². The van der Waals surface area contributed by atoms with Gasteiger partial charge in [0.1, 0.15) is 0 Å². The van der Waals surface area contributed by atoms with E-state index in [2.05, 4.69) is 20.4 Å². The monoisotopic (exact) mass is 545 g/mol. The number of rotatable bonds is 10. The standard InChI is InChI=1S/C29H31N5O4S/c1-21(38-26-11-7-6-10-25(26)36-2)28-31-32-29(34(28)24-8-4-3-5-9-24)39-20-27(35)30-22-12-14-23(15-13-22)33-16-18-37-19-17-33/h3-15,21H,16-20H2,1-2H3,(H,30,35). The lowest BCUT2D eigenvalue weighted by molar-refractivity contribution is -0.113. The van der Waals surface area contributed by atoms with Gasteiger partial charge in [0.25, 0.3) is 0 Å². The van der Waals surface area contributed by atoms with Crippen LogP contribution in [0, 0.1) is 0 Å². The van der Waals surface area contributed by atoms with Gasteiger partial charge in [-0.05, 0) is 55.5 Å². The zero-order valence-electron chi connectivity index (χ0n) is 21.9. The van der Waals surface area contributed by atoms with Crippen LogP contribution in [0.4, 0.5) is 11.4 Å². The fourth-order valence-electron chi connectivity index (χ4n) is 4.32. The summed E-state index contributed by atoms with van der Waals surface area (Å²) in [7, 11) is 1.61. The molecular formula is C29H31N5O4S. The van der Waals surface area contributed by atoms with Crippen LogP contribution in [0.3, 0.4) is 0 Å². The first-order valence-electron chi connectivity index (χ1n) is 12.8. The zero-order valence-corrected chi connectivity index (χ0v) is 22.8. The van der Waals surface area contributed by atoms with Crippen LogP contribution in [0.2, 0.25) is 0 Å². The van der Waals surface area contributed by atoms with E-state index in [4.69, 9.17) is 14.2 Å². The van der Waals surface area contributed by atoms with Crippen LogP contribution in [-0.4, -0.2) is 59.8 Å². The number of benzene rings is 3. The van der Waals surface area contributed by atoms with E-state index in [9.17, 15) is 4.79 Å². The Balaban J connectivity index is 1.28. The predicted octanol–water partition coefficient (Wildman–Crippen LogP) is 4.98. The number of thioether (sulfide) groups is 1. The molecule has 0 saturated carbocycles. The van der Waals surface area contributed by atoms with Crippen molar-refractivity contribution in [1.29, 1.82) is 0 Å². The van der Waals surface area contributed by atoms with Crippen molar-refractivity contribution in [3.8, 4) is 17.2 Å². The maximum atomic E-state index is 12.8. The Kier molecular flexibility index (Phi) is 8.65. The number of anilines is 2. The van der Waals surface area contributed by atoms with Crippen LogP contribution in [0.5, 0.6) is 11.5 Å².